The van der Waals surface area contributed by atoms with E-state index in [0.717, 1.165) is 18.4 Å². The molecule has 0 bridgehead atoms. The first kappa shape index (κ1) is 7.07. The Hall–Kier alpha value is -0.0400. The largest absolute Gasteiger partial charge is 0.330 e. The molecule has 0 amide bonds. The maximum Gasteiger partial charge on any atom is -0.00772 e. The molecule has 0 atom stereocenters. The fourth-order valence-electron chi connectivity index (χ4n) is 1.71. The molecule has 1 nitrogen and oxygen atoms in total. The van der Waals surface area contributed by atoms with Crippen LogP contribution in [0.15, 0.2) is 0 Å². The number of rotatable bonds is 3. The Labute approximate surface area is 57.6 Å². The molecule has 1 aliphatic rings. The Balaban J connectivity index is 1.91. The summed E-state index contributed by atoms with van der Waals surface area (Å²) in [7, 11) is 0. The van der Waals surface area contributed by atoms with Gasteiger partial charge in [-0.15, -0.1) is 0 Å². The van der Waals surface area contributed by atoms with Crippen LogP contribution in [0, 0.1) is 11.8 Å². The van der Waals surface area contributed by atoms with E-state index >= 15 is 0 Å². The number of hydrogen-bond donors (Lipinski definition) is 1. The number of hydrogen-bond acceptors (Lipinski definition) is 1. The third-order valence-electron chi connectivity index (χ3n) is 2.29. The summed E-state index contributed by atoms with van der Waals surface area (Å²) in [6.45, 7) is 3.21. The van der Waals surface area contributed by atoms with Crippen molar-refractivity contribution in [2.45, 2.75) is 32.6 Å². The van der Waals surface area contributed by atoms with Gasteiger partial charge in [0.1, 0.15) is 0 Å². The summed E-state index contributed by atoms with van der Waals surface area (Å²) in [6.07, 6.45) is 5.53. The van der Waals surface area contributed by atoms with Crippen molar-refractivity contribution >= 4 is 0 Å². The van der Waals surface area contributed by atoms with Gasteiger partial charge in [-0.2, -0.15) is 0 Å². The van der Waals surface area contributed by atoms with E-state index in [2.05, 4.69) is 6.92 Å². The molecule has 0 aliphatic heterocycles. The minimum atomic E-state index is 0.880. The van der Waals surface area contributed by atoms with Crippen molar-refractivity contribution in [3.63, 3.8) is 0 Å². The molecule has 0 aromatic carbocycles. The molecule has 1 saturated carbocycles. The highest BCUT2D eigenvalue weighted by atomic mass is 14.5. The minimum Gasteiger partial charge on any atom is -0.330 e. The lowest BCUT2D eigenvalue weighted by atomic mass is 9.74. The van der Waals surface area contributed by atoms with Crippen LogP contribution in [0.5, 0.6) is 0 Å². The van der Waals surface area contributed by atoms with Crippen LogP contribution in [0.2, 0.25) is 0 Å². The Morgan fingerprint density at radius 2 is 2.11 bits per heavy atom. The van der Waals surface area contributed by atoms with Crippen LogP contribution in [0.1, 0.15) is 32.6 Å². The van der Waals surface area contributed by atoms with Gasteiger partial charge in [0.15, 0.2) is 0 Å². The predicted octanol–water partition coefficient (Wildman–Crippen LogP) is 1.77. The molecule has 0 unspecified atom stereocenters. The summed E-state index contributed by atoms with van der Waals surface area (Å²) >= 11 is 0. The van der Waals surface area contributed by atoms with Crippen LogP contribution >= 0.6 is 0 Å². The molecule has 9 heavy (non-hydrogen) atoms. The zero-order valence-electron chi connectivity index (χ0n) is 6.27. The van der Waals surface area contributed by atoms with Gasteiger partial charge in [-0.3, -0.25) is 0 Å². The predicted molar refractivity (Wildman–Crippen MR) is 40.2 cm³/mol. The monoisotopic (exact) mass is 127 g/mol. The first-order valence-electron chi connectivity index (χ1n) is 4.03. The molecular weight excluding hydrogens is 110 g/mol. The van der Waals surface area contributed by atoms with Crippen LogP contribution in [-0.2, 0) is 0 Å². The zero-order chi connectivity index (χ0) is 6.69. The summed E-state index contributed by atoms with van der Waals surface area (Å²) in [5, 5.41) is 0. The van der Waals surface area contributed by atoms with E-state index in [1.54, 1.807) is 0 Å². The van der Waals surface area contributed by atoms with E-state index in [0.29, 0.717) is 0 Å². The smallest absolute Gasteiger partial charge is 0.00772 e. The summed E-state index contributed by atoms with van der Waals surface area (Å²) in [5.74, 6) is 2.04. The minimum absolute atomic E-state index is 0.880. The van der Waals surface area contributed by atoms with Gasteiger partial charge in [0.05, 0.1) is 0 Å². The summed E-state index contributed by atoms with van der Waals surface area (Å²) < 4.78 is 0. The molecule has 1 heteroatoms. The molecule has 0 aromatic rings. The van der Waals surface area contributed by atoms with E-state index in [9.17, 15) is 0 Å². The Kier molecular flexibility index (Phi) is 2.52. The Bertz CT molecular complexity index is 74.6. The Morgan fingerprint density at radius 1 is 1.44 bits per heavy atom. The molecular formula is C8H17N. The molecule has 1 rings (SSSR count). The fourth-order valence-corrected chi connectivity index (χ4v) is 1.71. The van der Waals surface area contributed by atoms with E-state index in [1.807, 2.05) is 0 Å². The standard InChI is InChI=1S/C8H17N/c1-7-5-8(6-7)3-2-4-9/h7-8H,2-6,9H2,1H3. The molecule has 0 radical (unpaired) electrons. The molecule has 0 spiro atoms. The lowest BCUT2D eigenvalue weighted by Crippen LogP contribution is -2.21. The number of nitrogens with two attached hydrogens (primary N) is 1. The van der Waals surface area contributed by atoms with Gasteiger partial charge in [0, 0.05) is 0 Å². The van der Waals surface area contributed by atoms with Crippen molar-refractivity contribution < 1.29 is 0 Å². The van der Waals surface area contributed by atoms with Crippen LogP contribution in [0.3, 0.4) is 0 Å². The lowest BCUT2D eigenvalue weighted by Gasteiger charge is -2.32. The van der Waals surface area contributed by atoms with E-state index in [1.165, 1.54) is 25.7 Å². The molecule has 2 N–H and O–H groups in total. The van der Waals surface area contributed by atoms with Gasteiger partial charge in [-0.25, -0.2) is 0 Å². The highest BCUT2D eigenvalue weighted by molar-refractivity contribution is 4.75. The second-order valence-electron chi connectivity index (χ2n) is 3.37. The third kappa shape index (κ3) is 1.98. The quantitative estimate of drug-likeness (QED) is 0.614. The highest BCUT2D eigenvalue weighted by Crippen LogP contribution is 2.35. The summed E-state index contributed by atoms with van der Waals surface area (Å²) in [5.41, 5.74) is 5.39. The molecule has 1 aliphatic carbocycles. The second-order valence-corrected chi connectivity index (χ2v) is 3.37. The summed E-state index contributed by atoms with van der Waals surface area (Å²) in [4.78, 5) is 0. The molecule has 1 fully saturated rings. The highest BCUT2D eigenvalue weighted by Gasteiger charge is 2.23. The average Bonchev–Trinajstić information content (AvgIpc) is 1.78. The normalized spacial score (nSPS) is 34.0. The van der Waals surface area contributed by atoms with E-state index in [4.69, 9.17) is 5.73 Å². The van der Waals surface area contributed by atoms with Gasteiger partial charge in [0.25, 0.3) is 0 Å². The third-order valence-corrected chi connectivity index (χ3v) is 2.29. The van der Waals surface area contributed by atoms with Crippen LogP contribution < -0.4 is 5.73 Å². The SMILES string of the molecule is CC1CC(CCCN)C1. The van der Waals surface area contributed by atoms with Crippen molar-refractivity contribution in [3.8, 4) is 0 Å². The molecule has 0 aromatic heterocycles. The van der Waals surface area contributed by atoms with Crippen molar-refractivity contribution in [3.05, 3.63) is 0 Å². The van der Waals surface area contributed by atoms with Crippen molar-refractivity contribution in [2.75, 3.05) is 6.54 Å². The molecule has 54 valence electrons. The fraction of sp³-hybridized carbons (Fsp3) is 1.00. The van der Waals surface area contributed by atoms with E-state index in [-0.39, 0.29) is 0 Å². The Morgan fingerprint density at radius 3 is 2.56 bits per heavy atom. The van der Waals surface area contributed by atoms with Crippen LogP contribution in [-0.4, -0.2) is 6.54 Å². The molecule has 0 saturated heterocycles. The van der Waals surface area contributed by atoms with Crippen LogP contribution in [0.4, 0.5) is 0 Å². The van der Waals surface area contributed by atoms with Gasteiger partial charge < -0.3 is 5.73 Å². The van der Waals surface area contributed by atoms with Gasteiger partial charge in [-0.05, 0) is 44.1 Å². The summed E-state index contributed by atoms with van der Waals surface area (Å²) in [6, 6.07) is 0. The average molecular weight is 127 g/mol. The van der Waals surface area contributed by atoms with Crippen molar-refractivity contribution in [2.24, 2.45) is 17.6 Å². The first-order chi connectivity index (χ1) is 4.33. The van der Waals surface area contributed by atoms with Gasteiger partial charge >= 0.3 is 0 Å². The zero-order valence-corrected chi connectivity index (χ0v) is 6.27. The van der Waals surface area contributed by atoms with E-state index < -0.39 is 0 Å². The van der Waals surface area contributed by atoms with Crippen molar-refractivity contribution in [1.82, 2.24) is 0 Å². The maximum absolute atomic E-state index is 5.39. The second kappa shape index (κ2) is 3.21. The van der Waals surface area contributed by atoms with Crippen molar-refractivity contribution in [1.29, 1.82) is 0 Å². The topological polar surface area (TPSA) is 26.0 Å². The lowest BCUT2D eigenvalue weighted by molar-refractivity contribution is 0.197. The van der Waals surface area contributed by atoms with Gasteiger partial charge in [-0.1, -0.05) is 6.92 Å². The first-order valence-corrected chi connectivity index (χ1v) is 4.03. The molecule has 0 heterocycles. The maximum atomic E-state index is 5.39. The van der Waals surface area contributed by atoms with Gasteiger partial charge in [0.2, 0.25) is 0 Å². The van der Waals surface area contributed by atoms with Crippen LogP contribution in [0.25, 0.3) is 0 Å².